The Bertz CT molecular complexity index is 407. The lowest BCUT2D eigenvalue weighted by molar-refractivity contribution is -0.131. The number of methoxy groups -OCH3 is 1. The Hall–Kier alpha value is -1.42. The van der Waals surface area contributed by atoms with E-state index in [9.17, 15) is 9.18 Å². The summed E-state index contributed by atoms with van der Waals surface area (Å²) in [4.78, 5) is 13.9. The van der Waals surface area contributed by atoms with Gasteiger partial charge in [0, 0.05) is 20.2 Å². The number of rotatable bonds is 7. The van der Waals surface area contributed by atoms with Crippen molar-refractivity contribution < 1.29 is 13.9 Å². The minimum atomic E-state index is -0.327. The highest BCUT2D eigenvalue weighted by atomic mass is 19.1. The zero-order valence-corrected chi connectivity index (χ0v) is 11.9. The Kier molecular flexibility index (Phi) is 6.50. The van der Waals surface area contributed by atoms with Gasteiger partial charge in [-0.15, -0.1) is 0 Å². The SMILES string of the molecule is COCCN(CC(C)C)C(=O)Cc1ccccc1F. The van der Waals surface area contributed by atoms with Gasteiger partial charge < -0.3 is 9.64 Å². The number of amides is 1. The number of halogens is 1. The molecule has 0 heterocycles. The van der Waals surface area contributed by atoms with Crippen LogP contribution in [0.15, 0.2) is 24.3 Å². The van der Waals surface area contributed by atoms with E-state index in [-0.39, 0.29) is 18.1 Å². The topological polar surface area (TPSA) is 29.5 Å². The maximum absolute atomic E-state index is 13.5. The third-order valence-corrected chi connectivity index (χ3v) is 2.80. The highest BCUT2D eigenvalue weighted by Crippen LogP contribution is 2.10. The van der Waals surface area contributed by atoms with Gasteiger partial charge in [0.15, 0.2) is 0 Å². The average molecular weight is 267 g/mol. The van der Waals surface area contributed by atoms with E-state index in [2.05, 4.69) is 13.8 Å². The molecule has 0 spiro atoms. The van der Waals surface area contributed by atoms with Crippen LogP contribution in [0.3, 0.4) is 0 Å². The third kappa shape index (κ3) is 5.39. The van der Waals surface area contributed by atoms with Crippen LogP contribution in [-0.4, -0.2) is 37.6 Å². The Morgan fingerprint density at radius 3 is 2.63 bits per heavy atom. The first-order chi connectivity index (χ1) is 9.04. The molecule has 0 aliphatic heterocycles. The zero-order chi connectivity index (χ0) is 14.3. The molecule has 1 aromatic carbocycles. The Balaban J connectivity index is 2.68. The van der Waals surface area contributed by atoms with Gasteiger partial charge in [0.1, 0.15) is 5.82 Å². The summed E-state index contributed by atoms with van der Waals surface area (Å²) >= 11 is 0. The van der Waals surface area contributed by atoms with Crippen molar-refractivity contribution in [3.05, 3.63) is 35.6 Å². The molecular formula is C15H22FNO2. The van der Waals surface area contributed by atoms with Gasteiger partial charge in [0.05, 0.1) is 13.0 Å². The number of ether oxygens (including phenoxy) is 1. The molecule has 0 fully saturated rings. The van der Waals surface area contributed by atoms with E-state index in [0.29, 0.717) is 31.2 Å². The second-order valence-electron chi connectivity index (χ2n) is 4.99. The summed E-state index contributed by atoms with van der Waals surface area (Å²) in [6.07, 6.45) is 0.100. The molecule has 4 heteroatoms. The van der Waals surface area contributed by atoms with Crippen LogP contribution in [0, 0.1) is 11.7 Å². The first-order valence-electron chi connectivity index (χ1n) is 6.54. The molecule has 106 valence electrons. The standard InChI is InChI=1S/C15H22FNO2/c1-12(2)11-17(8-9-19-3)15(18)10-13-6-4-5-7-14(13)16/h4-7,12H,8-11H2,1-3H3. The van der Waals surface area contributed by atoms with Crippen LogP contribution >= 0.6 is 0 Å². The minimum absolute atomic E-state index is 0.0594. The zero-order valence-electron chi connectivity index (χ0n) is 11.9. The van der Waals surface area contributed by atoms with E-state index in [4.69, 9.17) is 4.74 Å². The summed E-state index contributed by atoms with van der Waals surface area (Å²) in [5, 5.41) is 0. The molecule has 0 unspecified atom stereocenters. The smallest absolute Gasteiger partial charge is 0.227 e. The van der Waals surface area contributed by atoms with Crippen molar-refractivity contribution in [2.45, 2.75) is 20.3 Å². The molecule has 0 atom stereocenters. The first kappa shape index (κ1) is 15.6. The Morgan fingerprint density at radius 1 is 1.37 bits per heavy atom. The van der Waals surface area contributed by atoms with Crippen molar-refractivity contribution in [2.75, 3.05) is 26.8 Å². The van der Waals surface area contributed by atoms with E-state index >= 15 is 0 Å². The molecule has 0 saturated heterocycles. The summed E-state index contributed by atoms with van der Waals surface area (Å²) in [6, 6.07) is 6.40. The largest absolute Gasteiger partial charge is 0.383 e. The Morgan fingerprint density at radius 2 is 2.05 bits per heavy atom. The second kappa shape index (κ2) is 7.89. The fourth-order valence-corrected chi connectivity index (χ4v) is 1.88. The van der Waals surface area contributed by atoms with E-state index < -0.39 is 0 Å². The van der Waals surface area contributed by atoms with Crippen LogP contribution in [0.25, 0.3) is 0 Å². The van der Waals surface area contributed by atoms with Gasteiger partial charge in [-0.3, -0.25) is 4.79 Å². The van der Waals surface area contributed by atoms with E-state index in [0.717, 1.165) is 0 Å². The molecule has 1 amide bonds. The lowest BCUT2D eigenvalue weighted by Gasteiger charge is -2.24. The fraction of sp³-hybridized carbons (Fsp3) is 0.533. The number of benzene rings is 1. The van der Waals surface area contributed by atoms with E-state index in [1.165, 1.54) is 6.07 Å². The molecule has 0 radical (unpaired) electrons. The lowest BCUT2D eigenvalue weighted by atomic mass is 10.1. The highest BCUT2D eigenvalue weighted by molar-refractivity contribution is 5.78. The first-order valence-corrected chi connectivity index (χ1v) is 6.54. The van der Waals surface area contributed by atoms with Gasteiger partial charge in [-0.05, 0) is 17.5 Å². The molecule has 3 nitrogen and oxygen atoms in total. The molecule has 0 bridgehead atoms. The van der Waals surface area contributed by atoms with E-state index in [1.54, 1.807) is 30.2 Å². The molecule has 0 saturated carbocycles. The monoisotopic (exact) mass is 267 g/mol. The number of hydrogen-bond acceptors (Lipinski definition) is 2. The molecule has 0 aromatic heterocycles. The quantitative estimate of drug-likeness (QED) is 0.759. The Labute approximate surface area is 114 Å². The van der Waals surface area contributed by atoms with Gasteiger partial charge in [-0.25, -0.2) is 4.39 Å². The normalized spacial score (nSPS) is 10.8. The summed E-state index contributed by atoms with van der Waals surface area (Å²) < 4.78 is 18.5. The van der Waals surface area contributed by atoms with Gasteiger partial charge in [0.2, 0.25) is 5.91 Å². The molecule has 0 aliphatic rings. The molecule has 0 N–H and O–H groups in total. The van der Waals surface area contributed by atoms with Gasteiger partial charge >= 0.3 is 0 Å². The highest BCUT2D eigenvalue weighted by Gasteiger charge is 2.16. The number of nitrogens with zero attached hydrogens (tertiary/aromatic N) is 1. The number of carbonyl (C=O) groups is 1. The summed E-state index contributed by atoms with van der Waals surface area (Å²) in [5.74, 6) is -0.00985. The molecular weight excluding hydrogens is 245 g/mol. The van der Waals surface area contributed by atoms with Crippen LogP contribution in [0.2, 0.25) is 0 Å². The summed E-state index contributed by atoms with van der Waals surface area (Å²) in [6.45, 7) is 5.81. The van der Waals surface area contributed by atoms with Crippen molar-refractivity contribution in [3.8, 4) is 0 Å². The van der Waals surface area contributed by atoms with E-state index in [1.807, 2.05) is 0 Å². The van der Waals surface area contributed by atoms with Gasteiger partial charge in [-0.1, -0.05) is 32.0 Å². The number of hydrogen-bond donors (Lipinski definition) is 0. The summed E-state index contributed by atoms with van der Waals surface area (Å²) in [7, 11) is 1.61. The number of carbonyl (C=O) groups excluding carboxylic acids is 1. The van der Waals surface area contributed by atoms with Crippen molar-refractivity contribution in [1.29, 1.82) is 0 Å². The van der Waals surface area contributed by atoms with Gasteiger partial charge in [-0.2, -0.15) is 0 Å². The molecule has 1 aromatic rings. The van der Waals surface area contributed by atoms with Crippen molar-refractivity contribution >= 4 is 5.91 Å². The minimum Gasteiger partial charge on any atom is -0.383 e. The van der Waals surface area contributed by atoms with Crippen LogP contribution in [0.4, 0.5) is 4.39 Å². The predicted octanol–water partition coefficient (Wildman–Crippen LogP) is 2.50. The van der Waals surface area contributed by atoms with Crippen molar-refractivity contribution in [1.82, 2.24) is 4.90 Å². The van der Waals surface area contributed by atoms with Crippen molar-refractivity contribution in [2.24, 2.45) is 5.92 Å². The van der Waals surface area contributed by atoms with Crippen LogP contribution in [0.5, 0.6) is 0 Å². The van der Waals surface area contributed by atoms with Crippen molar-refractivity contribution in [3.63, 3.8) is 0 Å². The average Bonchev–Trinajstić information content (AvgIpc) is 2.36. The van der Waals surface area contributed by atoms with Gasteiger partial charge in [0.25, 0.3) is 0 Å². The maximum atomic E-state index is 13.5. The lowest BCUT2D eigenvalue weighted by Crippen LogP contribution is -2.37. The van der Waals surface area contributed by atoms with Crippen LogP contribution in [-0.2, 0) is 16.0 Å². The molecule has 0 aliphatic carbocycles. The van der Waals surface area contributed by atoms with Crippen LogP contribution < -0.4 is 0 Å². The maximum Gasteiger partial charge on any atom is 0.227 e. The molecule has 19 heavy (non-hydrogen) atoms. The third-order valence-electron chi connectivity index (χ3n) is 2.80. The second-order valence-corrected chi connectivity index (χ2v) is 4.99. The predicted molar refractivity (Wildman–Crippen MR) is 73.4 cm³/mol. The van der Waals surface area contributed by atoms with Crippen LogP contribution in [0.1, 0.15) is 19.4 Å². The summed E-state index contributed by atoms with van der Waals surface area (Å²) in [5.41, 5.74) is 0.443. The molecule has 1 rings (SSSR count). The fourth-order valence-electron chi connectivity index (χ4n) is 1.88.